The van der Waals surface area contributed by atoms with Crippen molar-refractivity contribution in [2.45, 2.75) is 32.0 Å². The largest absolute Gasteiger partial charge is 0.448 e. The van der Waals surface area contributed by atoms with Gasteiger partial charge >= 0.3 is 6.09 Å². The summed E-state index contributed by atoms with van der Waals surface area (Å²) >= 11 is 0. The predicted molar refractivity (Wildman–Crippen MR) is 181 cm³/mol. The molecule has 0 bridgehead atoms. The summed E-state index contributed by atoms with van der Waals surface area (Å²) < 4.78 is 5.91. The van der Waals surface area contributed by atoms with Crippen LogP contribution in [-0.2, 0) is 35.6 Å². The lowest BCUT2D eigenvalue weighted by atomic mass is 9.79. The summed E-state index contributed by atoms with van der Waals surface area (Å²) in [6.45, 7) is 3.16. The smallest absolute Gasteiger partial charge is 0.410 e. The molecule has 47 heavy (non-hydrogen) atoms. The number of carbonyl (C=O) groups excluding carboxylic acids is 2. The van der Waals surface area contributed by atoms with Gasteiger partial charge in [-0.25, -0.2) is 10.3 Å². The second kappa shape index (κ2) is 15.3. The standard InChI is InChI=1S/C39H38N4O4/c44-38(41-46)36-20-19-34(36)32-17-15-31(16-18-32)26-42(22-21-33-25-40-37-14-8-7-13-35(33)37)23-24-47-39(45)43(27-29-9-3-1-4-10-29)28-30-11-5-2-6-12-30/h1-18,25,34,36,40,46H,21-24,26-28H2,(H,41,44). The first-order valence-electron chi connectivity index (χ1n) is 15.9. The van der Waals surface area contributed by atoms with E-state index in [1.54, 1.807) is 10.4 Å². The lowest BCUT2D eigenvalue weighted by molar-refractivity contribution is -0.132. The number of para-hydroxylation sites is 1. The molecule has 0 saturated carbocycles. The van der Waals surface area contributed by atoms with Crippen LogP contribution in [0.3, 0.4) is 0 Å². The van der Waals surface area contributed by atoms with Crippen LogP contribution in [0, 0.1) is 17.8 Å². The first-order chi connectivity index (χ1) is 23.1. The molecule has 0 saturated heterocycles. The van der Waals surface area contributed by atoms with Crippen LogP contribution in [0.2, 0.25) is 0 Å². The summed E-state index contributed by atoms with van der Waals surface area (Å²) in [4.78, 5) is 32.8. The highest BCUT2D eigenvalue weighted by atomic mass is 16.6. The molecule has 1 aliphatic carbocycles. The maximum atomic E-state index is 13.4. The van der Waals surface area contributed by atoms with Gasteiger partial charge in [0.15, 0.2) is 0 Å². The van der Waals surface area contributed by atoms with E-state index >= 15 is 0 Å². The van der Waals surface area contributed by atoms with E-state index in [9.17, 15) is 9.59 Å². The third-order valence-corrected chi connectivity index (χ3v) is 8.56. The first kappa shape index (κ1) is 31.6. The third kappa shape index (κ3) is 8.08. The number of fused-ring (bicyclic) bond motifs is 1. The molecule has 1 heterocycles. The molecule has 2 unspecified atom stereocenters. The van der Waals surface area contributed by atoms with E-state index in [2.05, 4.69) is 58.3 Å². The Morgan fingerprint density at radius 2 is 1.40 bits per heavy atom. The second-order valence-corrected chi connectivity index (χ2v) is 11.8. The molecule has 8 nitrogen and oxygen atoms in total. The van der Waals surface area contributed by atoms with Gasteiger partial charge in [-0.05, 0) is 40.3 Å². The molecule has 2 amide bonds. The number of benzene rings is 4. The Labute approximate surface area is 274 Å². The molecular weight excluding hydrogens is 588 g/mol. The molecular formula is C39H38N4O4. The number of nitrogens with one attached hydrogen (secondary N) is 2. The lowest BCUT2D eigenvalue weighted by Crippen LogP contribution is -2.34. The van der Waals surface area contributed by atoms with Crippen LogP contribution in [-0.4, -0.2) is 51.7 Å². The van der Waals surface area contributed by atoms with Gasteiger partial charge in [-0.2, -0.15) is 0 Å². The van der Waals surface area contributed by atoms with E-state index in [1.807, 2.05) is 78.9 Å². The summed E-state index contributed by atoms with van der Waals surface area (Å²) in [5, 5.41) is 10.2. The highest BCUT2D eigenvalue weighted by molar-refractivity contribution is 5.84. The normalized spacial score (nSPS) is 15.0. The number of aromatic nitrogens is 1. The topological polar surface area (TPSA) is 97.9 Å². The van der Waals surface area contributed by atoms with E-state index in [-0.39, 0.29) is 18.6 Å². The van der Waals surface area contributed by atoms with E-state index in [0.717, 1.165) is 40.7 Å². The molecule has 1 aliphatic rings. The van der Waals surface area contributed by atoms with Gasteiger partial charge in [0.2, 0.25) is 0 Å². The van der Waals surface area contributed by atoms with Gasteiger partial charge in [-0.1, -0.05) is 115 Å². The van der Waals surface area contributed by atoms with Crippen LogP contribution in [0.25, 0.3) is 10.9 Å². The minimum atomic E-state index is -0.545. The van der Waals surface area contributed by atoms with Crippen molar-refractivity contribution >= 4 is 22.9 Å². The lowest BCUT2D eigenvalue weighted by Gasteiger charge is -2.26. The molecule has 0 spiro atoms. The van der Waals surface area contributed by atoms with Gasteiger partial charge in [-0.15, -0.1) is 0 Å². The van der Waals surface area contributed by atoms with Gasteiger partial charge in [0.25, 0.3) is 5.91 Å². The van der Waals surface area contributed by atoms with Crippen LogP contribution in [0.15, 0.2) is 115 Å². The average Bonchev–Trinajstić information content (AvgIpc) is 3.51. The predicted octanol–water partition coefficient (Wildman–Crippen LogP) is 6.27. The van der Waals surface area contributed by atoms with Crippen LogP contribution < -0.4 is 5.48 Å². The summed E-state index contributed by atoms with van der Waals surface area (Å²) in [7, 11) is 0. The summed E-state index contributed by atoms with van der Waals surface area (Å²) in [5.74, 6) is 4.59. The van der Waals surface area contributed by atoms with Crippen molar-refractivity contribution in [2.24, 2.45) is 5.92 Å². The van der Waals surface area contributed by atoms with Gasteiger partial charge in [-0.3, -0.25) is 19.8 Å². The van der Waals surface area contributed by atoms with E-state index in [1.165, 1.54) is 10.9 Å². The zero-order valence-corrected chi connectivity index (χ0v) is 26.1. The number of amides is 2. The van der Waals surface area contributed by atoms with Gasteiger partial charge in [0.1, 0.15) is 12.5 Å². The monoisotopic (exact) mass is 626 g/mol. The van der Waals surface area contributed by atoms with Gasteiger partial charge in [0.05, 0.1) is 5.92 Å². The average molecular weight is 627 g/mol. The maximum absolute atomic E-state index is 13.4. The van der Waals surface area contributed by atoms with Crippen LogP contribution >= 0.6 is 0 Å². The number of carbonyl (C=O) groups is 2. The Bertz CT molecular complexity index is 1800. The van der Waals surface area contributed by atoms with E-state index in [0.29, 0.717) is 26.2 Å². The molecule has 0 fully saturated rings. The molecule has 4 aromatic carbocycles. The van der Waals surface area contributed by atoms with Gasteiger partial charge < -0.3 is 9.72 Å². The second-order valence-electron chi connectivity index (χ2n) is 11.8. The zero-order chi connectivity index (χ0) is 32.4. The van der Waals surface area contributed by atoms with E-state index in [4.69, 9.17) is 9.94 Å². The molecule has 238 valence electrons. The van der Waals surface area contributed by atoms with Crippen LogP contribution in [0.1, 0.15) is 33.7 Å². The SMILES string of the molecule is O=C(NO)C1C#CC1c1ccc(CN(CCOC(=O)N(Cc2ccccc2)Cc2ccccc2)CCc2c[nH]c3ccccc23)cc1. The third-order valence-electron chi connectivity index (χ3n) is 8.56. The summed E-state index contributed by atoms with van der Waals surface area (Å²) in [6, 6.07) is 36.3. The Balaban J connectivity index is 1.12. The maximum Gasteiger partial charge on any atom is 0.410 e. The van der Waals surface area contributed by atoms with Crippen molar-refractivity contribution in [3.8, 4) is 11.8 Å². The number of hydrogen-bond donors (Lipinski definition) is 3. The van der Waals surface area contributed by atoms with Crippen LogP contribution in [0.5, 0.6) is 0 Å². The number of rotatable bonds is 14. The van der Waals surface area contributed by atoms with Crippen molar-refractivity contribution in [2.75, 3.05) is 19.7 Å². The summed E-state index contributed by atoms with van der Waals surface area (Å²) in [6.07, 6.45) is 2.56. The fourth-order valence-corrected chi connectivity index (χ4v) is 5.93. The first-order valence-corrected chi connectivity index (χ1v) is 15.9. The highest BCUT2D eigenvalue weighted by Crippen LogP contribution is 2.30. The van der Waals surface area contributed by atoms with Crippen molar-refractivity contribution < 1.29 is 19.5 Å². The Morgan fingerprint density at radius 3 is 2.04 bits per heavy atom. The number of ether oxygens (including phenoxy) is 1. The molecule has 3 N–H and O–H groups in total. The number of hydroxylamine groups is 1. The van der Waals surface area contributed by atoms with Crippen molar-refractivity contribution in [1.82, 2.24) is 20.3 Å². The molecule has 8 heteroatoms. The summed E-state index contributed by atoms with van der Waals surface area (Å²) in [5.41, 5.74) is 8.19. The number of H-pyrrole nitrogens is 1. The fraction of sp³-hybridized carbons (Fsp3) is 0.231. The van der Waals surface area contributed by atoms with Crippen molar-refractivity contribution in [3.63, 3.8) is 0 Å². The number of hydrogen-bond acceptors (Lipinski definition) is 5. The molecule has 5 aromatic rings. The quantitative estimate of drug-likeness (QED) is 0.0767. The van der Waals surface area contributed by atoms with Crippen molar-refractivity contribution in [1.29, 1.82) is 0 Å². The van der Waals surface area contributed by atoms with E-state index < -0.39 is 11.8 Å². The van der Waals surface area contributed by atoms with Crippen molar-refractivity contribution in [3.05, 3.63) is 143 Å². The molecule has 1 aromatic heterocycles. The molecule has 2 atom stereocenters. The highest BCUT2D eigenvalue weighted by Gasteiger charge is 2.32. The fourth-order valence-electron chi connectivity index (χ4n) is 5.93. The van der Waals surface area contributed by atoms with Gasteiger partial charge in [0, 0.05) is 49.8 Å². The minimum Gasteiger partial charge on any atom is -0.448 e. The molecule has 6 rings (SSSR count). The number of aromatic amines is 1. The zero-order valence-electron chi connectivity index (χ0n) is 26.1. The number of nitrogens with zero attached hydrogens (tertiary/aromatic N) is 2. The molecule has 0 radical (unpaired) electrons. The Kier molecular flexibility index (Phi) is 10.3. The molecule has 0 aliphatic heterocycles. The Morgan fingerprint density at radius 1 is 0.766 bits per heavy atom. The Hall–Kier alpha value is -5.36. The van der Waals surface area contributed by atoms with Crippen LogP contribution in [0.4, 0.5) is 4.79 Å². The minimum absolute atomic E-state index is 0.233.